The molecule has 1 amide bonds. The van der Waals surface area contributed by atoms with E-state index in [2.05, 4.69) is 5.32 Å². The molecule has 6 nitrogen and oxygen atoms in total. The summed E-state index contributed by atoms with van der Waals surface area (Å²) < 4.78 is 31.7. The molecule has 0 bridgehead atoms. The fourth-order valence-electron chi connectivity index (χ4n) is 2.29. The monoisotopic (exact) mass is 390 g/mol. The Kier molecular flexibility index (Phi) is 6.98. The van der Waals surface area contributed by atoms with Gasteiger partial charge in [0.1, 0.15) is 12.4 Å². The molecule has 0 aliphatic carbocycles. The number of hydrogen-bond acceptors (Lipinski definition) is 4. The van der Waals surface area contributed by atoms with E-state index in [-0.39, 0.29) is 16.8 Å². The zero-order chi connectivity index (χ0) is 20.0. The lowest BCUT2D eigenvalue weighted by Gasteiger charge is -2.21. The summed E-state index contributed by atoms with van der Waals surface area (Å²) in [5, 5.41) is 2.76. The lowest BCUT2D eigenvalue weighted by atomic mass is 10.2. The molecule has 7 heteroatoms. The molecule has 2 aromatic carbocycles. The Balaban J connectivity index is 1.89. The second-order valence-electron chi connectivity index (χ2n) is 6.56. The Labute approximate surface area is 161 Å². The summed E-state index contributed by atoms with van der Waals surface area (Å²) in [5.41, 5.74) is 1.55. The second kappa shape index (κ2) is 9.01. The van der Waals surface area contributed by atoms with Crippen LogP contribution in [0.1, 0.15) is 29.8 Å². The molecule has 0 aliphatic rings. The third kappa shape index (κ3) is 5.55. The van der Waals surface area contributed by atoms with Gasteiger partial charge in [-0.1, -0.05) is 17.7 Å². The lowest BCUT2D eigenvalue weighted by Crippen LogP contribution is -2.33. The minimum atomic E-state index is -3.55. The standard InChI is InChI=1S/C20H26N2O4S/c1-15(2)22(4)27(24,25)19-11-7-17(8-12-19)20(23)21-13-14-26-18-9-5-16(3)6-10-18/h5-12,15H,13-14H2,1-4H3,(H,21,23). The quantitative estimate of drug-likeness (QED) is 0.703. The van der Waals surface area contributed by atoms with Crippen LogP contribution < -0.4 is 10.1 Å². The molecule has 0 saturated heterocycles. The van der Waals surface area contributed by atoms with Crippen LogP contribution in [0.4, 0.5) is 0 Å². The molecule has 0 aliphatic heterocycles. The van der Waals surface area contributed by atoms with Crippen LogP contribution >= 0.6 is 0 Å². The number of amides is 1. The smallest absolute Gasteiger partial charge is 0.251 e. The molecule has 0 heterocycles. The number of carbonyl (C=O) groups is 1. The highest BCUT2D eigenvalue weighted by Gasteiger charge is 2.23. The SMILES string of the molecule is Cc1ccc(OCCNC(=O)c2ccc(S(=O)(=O)N(C)C(C)C)cc2)cc1. The molecular weight excluding hydrogens is 364 g/mol. The van der Waals surface area contributed by atoms with Gasteiger partial charge in [0, 0.05) is 18.7 Å². The summed E-state index contributed by atoms with van der Waals surface area (Å²) in [7, 11) is -2.02. The molecule has 0 fully saturated rings. The molecule has 0 atom stereocenters. The van der Waals surface area contributed by atoms with E-state index in [9.17, 15) is 13.2 Å². The number of nitrogens with one attached hydrogen (secondary N) is 1. The van der Waals surface area contributed by atoms with E-state index in [1.165, 1.54) is 35.6 Å². The number of aryl methyl sites for hydroxylation is 1. The van der Waals surface area contributed by atoms with Gasteiger partial charge in [0.2, 0.25) is 10.0 Å². The van der Waals surface area contributed by atoms with Crippen LogP contribution in [0.15, 0.2) is 53.4 Å². The van der Waals surface area contributed by atoms with Gasteiger partial charge >= 0.3 is 0 Å². The Hall–Kier alpha value is -2.38. The number of carbonyl (C=O) groups excluding carboxylic acids is 1. The first-order valence-corrected chi connectivity index (χ1v) is 10.2. The highest BCUT2D eigenvalue weighted by molar-refractivity contribution is 7.89. The third-order valence-electron chi connectivity index (χ3n) is 4.20. The molecule has 0 unspecified atom stereocenters. The van der Waals surface area contributed by atoms with Crippen molar-refractivity contribution in [2.45, 2.75) is 31.7 Å². The molecule has 0 radical (unpaired) electrons. The minimum absolute atomic E-state index is 0.147. The fourth-order valence-corrected chi connectivity index (χ4v) is 3.66. The summed E-state index contributed by atoms with van der Waals surface area (Å²) >= 11 is 0. The van der Waals surface area contributed by atoms with Gasteiger partial charge in [-0.3, -0.25) is 4.79 Å². The van der Waals surface area contributed by atoms with Crippen LogP contribution in [-0.4, -0.2) is 44.9 Å². The van der Waals surface area contributed by atoms with E-state index < -0.39 is 10.0 Å². The molecule has 146 valence electrons. The molecule has 2 aromatic rings. The van der Waals surface area contributed by atoms with Gasteiger partial charge in [0.25, 0.3) is 5.91 Å². The van der Waals surface area contributed by atoms with Crippen LogP contribution in [0.3, 0.4) is 0 Å². The molecule has 2 rings (SSSR count). The first kappa shape index (κ1) is 20.9. The van der Waals surface area contributed by atoms with Crippen molar-refractivity contribution in [1.82, 2.24) is 9.62 Å². The van der Waals surface area contributed by atoms with Gasteiger partial charge in [0.05, 0.1) is 11.4 Å². The van der Waals surface area contributed by atoms with Crippen LogP contribution in [0.25, 0.3) is 0 Å². The van der Waals surface area contributed by atoms with Gasteiger partial charge in [-0.15, -0.1) is 0 Å². The van der Waals surface area contributed by atoms with Crippen molar-refractivity contribution in [3.8, 4) is 5.75 Å². The lowest BCUT2D eigenvalue weighted by molar-refractivity contribution is 0.0947. The Morgan fingerprint density at radius 3 is 2.22 bits per heavy atom. The van der Waals surface area contributed by atoms with Crippen LogP contribution in [-0.2, 0) is 10.0 Å². The summed E-state index contributed by atoms with van der Waals surface area (Å²) in [6.07, 6.45) is 0. The Morgan fingerprint density at radius 2 is 1.67 bits per heavy atom. The average molecular weight is 391 g/mol. The average Bonchev–Trinajstić information content (AvgIpc) is 2.65. The van der Waals surface area contributed by atoms with E-state index in [0.717, 1.165) is 11.3 Å². The zero-order valence-electron chi connectivity index (χ0n) is 16.1. The van der Waals surface area contributed by atoms with Crippen LogP contribution in [0.5, 0.6) is 5.75 Å². The Bertz CT molecular complexity index is 860. The van der Waals surface area contributed by atoms with Gasteiger partial charge < -0.3 is 10.1 Å². The molecule has 0 aromatic heterocycles. The number of benzene rings is 2. The third-order valence-corrected chi connectivity index (χ3v) is 6.25. The fraction of sp³-hybridized carbons (Fsp3) is 0.350. The van der Waals surface area contributed by atoms with Crippen LogP contribution in [0.2, 0.25) is 0 Å². The Morgan fingerprint density at radius 1 is 1.07 bits per heavy atom. The normalized spacial score (nSPS) is 11.6. The number of ether oxygens (including phenoxy) is 1. The predicted octanol–water partition coefficient (Wildman–Crippen LogP) is 2.83. The maximum Gasteiger partial charge on any atom is 0.251 e. The van der Waals surface area contributed by atoms with Gasteiger partial charge in [0.15, 0.2) is 0 Å². The van der Waals surface area contributed by atoms with Crippen molar-refractivity contribution in [2.24, 2.45) is 0 Å². The van der Waals surface area contributed by atoms with Gasteiger partial charge in [-0.05, 0) is 57.2 Å². The highest BCUT2D eigenvalue weighted by Crippen LogP contribution is 2.17. The summed E-state index contributed by atoms with van der Waals surface area (Å²) in [4.78, 5) is 12.3. The van der Waals surface area contributed by atoms with Crippen LogP contribution in [0, 0.1) is 6.92 Å². The van der Waals surface area contributed by atoms with Crippen molar-refractivity contribution in [1.29, 1.82) is 0 Å². The molecule has 1 N–H and O–H groups in total. The number of hydrogen-bond donors (Lipinski definition) is 1. The predicted molar refractivity (Wildman–Crippen MR) is 106 cm³/mol. The highest BCUT2D eigenvalue weighted by atomic mass is 32.2. The summed E-state index contributed by atoms with van der Waals surface area (Å²) in [5.74, 6) is 0.474. The summed E-state index contributed by atoms with van der Waals surface area (Å²) in [6, 6.07) is 13.5. The second-order valence-corrected chi connectivity index (χ2v) is 8.55. The molecule has 0 spiro atoms. The molecule has 0 saturated carbocycles. The maximum absolute atomic E-state index is 12.4. The van der Waals surface area contributed by atoms with E-state index in [1.54, 1.807) is 13.8 Å². The van der Waals surface area contributed by atoms with Crippen molar-refractivity contribution >= 4 is 15.9 Å². The maximum atomic E-state index is 12.4. The van der Waals surface area contributed by atoms with Gasteiger partial charge in [-0.2, -0.15) is 4.31 Å². The van der Waals surface area contributed by atoms with Gasteiger partial charge in [-0.25, -0.2) is 8.42 Å². The van der Waals surface area contributed by atoms with Crippen molar-refractivity contribution in [3.63, 3.8) is 0 Å². The topological polar surface area (TPSA) is 75.7 Å². The van der Waals surface area contributed by atoms with E-state index >= 15 is 0 Å². The van der Waals surface area contributed by atoms with E-state index in [4.69, 9.17) is 4.74 Å². The summed E-state index contributed by atoms with van der Waals surface area (Å²) in [6.45, 7) is 6.31. The van der Waals surface area contributed by atoms with E-state index in [1.807, 2.05) is 31.2 Å². The molecule has 27 heavy (non-hydrogen) atoms. The number of nitrogens with zero attached hydrogens (tertiary/aromatic N) is 1. The zero-order valence-corrected chi connectivity index (χ0v) is 16.9. The molecular formula is C20H26N2O4S. The van der Waals surface area contributed by atoms with E-state index in [0.29, 0.717) is 18.7 Å². The van der Waals surface area contributed by atoms with Crippen molar-refractivity contribution in [3.05, 3.63) is 59.7 Å². The minimum Gasteiger partial charge on any atom is -0.492 e. The van der Waals surface area contributed by atoms with Crippen molar-refractivity contribution in [2.75, 3.05) is 20.2 Å². The largest absolute Gasteiger partial charge is 0.492 e. The van der Waals surface area contributed by atoms with Crippen molar-refractivity contribution < 1.29 is 17.9 Å². The first-order chi connectivity index (χ1) is 12.7. The number of sulfonamides is 1. The first-order valence-electron chi connectivity index (χ1n) is 8.77. The number of rotatable bonds is 8.